The lowest BCUT2D eigenvalue weighted by Crippen LogP contribution is -2.46. The summed E-state index contributed by atoms with van der Waals surface area (Å²) in [5.74, 6) is 0.0380. The van der Waals surface area contributed by atoms with Crippen molar-refractivity contribution in [1.29, 1.82) is 0 Å². The average Bonchev–Trinajstić information content (AvgIpc) is 3.66. The molecule has 5 rings (SSSR count). The van der Waals surface area contributed by atoms with Gasteiger partial charge in [0.1, 0.15) is 0 Å². The maximum atomic E-state index is 13.3. The van der Waals surface area contributed by atoms with Crippen molar-refractivity contribution in [3.05, 3.63) is 101 Å². The summed E-state index contributed by atoms with van der Waals surface area (Å²) in [6.07, 6.45) is 0.890. The first-order valence-corrected chi connectivity index (χ1v) is 12.2. The molecule has 1 aliphatic carbocycles. The number of carbonyl (C=O) groups is 3. The molecule has 2 N–H and O–H groups in total. The van der Waals surface area contributed by atoms with E-state index in [9.17, 15) is 14.4 Å². The maximum Gasteiger partial charge on any atom is 0.411 e. The number of benzene rings is 3. The highest BCUT2D eigenvalue weighted by Crippen LogP contribution is 2.35. The normalized spacial score (nSPS) is 19.0. The number of nitrogens with one attached hydrogen (secondary N) is 2. The van der Waals surface area contributed by atoms with Crippen LogP contribution in [0.25, 0.3) is 0 Å². The zero-order valence-electron chi connectivity index (χ0n) is 20.1. The minimum absolute atomic E-state index is 0.234. The Balaban J connectivity index is 1.38. The summed E-state index contributed by atoms with van der Waals surface area (Å²) in [6, 6.07) is 23.2. The minimum Gasteiger partial charge on any atom is -0.438 e. The molecule has 7 heteroatoms. The molecule has 3 amide bonds. The Morgan fingerprint density at radius 1 is 0.972 bits per heavy atom. The fourth-order valence-electron chi connectivity index (χ4n) is 4.36. The Labute approximate surface area is 210 Å². The second-order valence-corrected chi connectivity index (χ2v) is 9.50. The van der Waals surface area contributed by atoms with Crippen molar-refractivity contribution in [1.82, 2.24) is 10.2 Å². The Morgan fingerprint density at radius 2 is 1.72 bits per heavy atom. The molecular weight excluding hydrogens is 454 g/mol. The van der Waals surface area contributed by atoms with Gasteiger partial charge in [-0.15, -0.1) is 0 Å². The fraction of sp³-hybridized carbons (Fsp3) is 0.276. The molecule has 3 aromatic rings. The molecule has 1 saturated carbocycles. The van der Waals surface area contributed by atoms with Gasteiger partial charge in [-0.2, -0.15) is 0 Å². The van der Waals surface area contributed by atoms with Gasteiger partial charge in [0.05, 0.1) is 6.54 Å². The van der Waals surface area contributed by atoms with E-state index in [0.717, 1.165) is 24.0 Å². The first-order valence-electron chi connectivity index (χ1n) is 12.2. The molecule has 36 heavy (non-hydrogen) atoms. The van der Waals surface area contributed by atoms with E-state index in [1.807, 2.05) is 55.5 Å². The number of cyclic esters (lactones) is 1. The van der Waals surface area contributed by atoms with Crippen LogP contribution in [-0.2, 0) is 16.1 Å². The van der Waals surface area contributed by atoms with Crippen LogP contribution >= 0.6 is 0 Å². The number of ether oxygens (including phenoxy) is 1. The van der Waals surface area contributed by atoms with E-state index < -0.39 is 18.2 Å². The van der Waals surface area contributed by atoms with Gasteiger partial charge in [0, 0.05) is 17.8 Å². The van der Waals surface area contributed by atoms with Gasteiger partial charge in [-0.1, -0.05) is 60.2 Å². The van der Waals surface area contributed by atoms with Crippen molar-refractivity contribution in [3.8, 4) is 0 Å². The standard InChI is InChI=1S/C29H29N3O4/c1-19-10-14-22(15-11-19)27(33)31-24-9-5-8-23(16-24)26-25(28(34)30-17-20-12-13-20)32(29(35)36-26)18-21-6-3-2-4-7-21/h2-11,14-16,20,25-26H,12-13,17-18H2,1H3,(H,30,34)(H,31,33). The zero-order valence-corrected chi connectivity index (χ0v) is 20.1. The second-order valence-electron chi connectivity index (χ2n) is 9.50. The van der Waals surface area contributed by atoms with Gasteiger partial charge in [-0.05, 0) is 61.1 Å². The maximum absolute atomic E-state index is 13.3. The number of amides is 3. The van der Waals surface area contributed by atoms with Crippen LogP contribution in [0, 0.1) is 12.8 Å². The fourth-order valence-corrected chi connectivity index (χ4v) is 4.36. The molecular formula is C29H29N3O4. The van der Waals surface area contributed by atoms with E-state index in [0.29, 0.717) is 29.3 Å². The van der Waals surface area contributed by atoms with Gasteiger partial charge in [0.25, 0.3) is 5.91 Å². The largest absolute Gasteiger partial charge is 0.438 e. The number of carbonyl (C=O) groups excluding carboxylic acids is 3. The molecule has 0 spiro atoms. The summed E-state index contributed by atoms with van der Waals surface area (Å²) in [4.78, 5) is 40.5. The molecule has 2 aliphatic rings. The van der Waals surface area contributed by atoms with Crippen LogP contribution < -0.4 is 10.6 Å². The lowest BCUT2D eigenvalue weighted by atomic mass is 10.00. The molecule has 0 aromatic heterocycles. The van der Waals surface area contributed by atoms with Crippen LogP contribution in [0.15, 0.2) is 78.9 Å². The van der Waals surface area contributed by atoms with Crippen molar-refractivity contribution in [2.45, 2.75) is 38.5 Å². The van der Waals surface area contributed by atoms with E-state index in [4.69, 9.17) is 4.74 Å². The first-order chi connectivity index (χ1) is 17.5. The molecule has 2 atom stereocenters. The van der Waals surface area contributed by atoms with E-state index in [1.165, 1.54) is 4.90 Å². The molecule has 2 unspecified atom stereocenters. The van der Waals surface area contributed by atoms with E-state index in [-0.39, 0.29) is 18.4 Å². The predicted octanol–water partition coefficient (Wildman–Crippen LogP) is 4.84. The van der Waals surface area contributed by atoms with Crippen LogP contribution in [0.1, 0.15) is 46.0 Å². The van der Waals surface area contributed by atoms with Gasteiger partial charge >= 0.3 is 6.09 Å². The van der Waals surface area contributed by atoms with Gasteiger partial charge in [0.15, 0.2) is 12.1 Å². The highest BCUT2D eigenvalue weighted by molar-refractivity contribution is 6.04. The Kier molecular flexibility index (Phi) is 6.71. The highest BCUT2D eigenvalue weighted by atomic mass is 16.6. The van der Waals surface area contributed by atoms with Crippen molar-refractivity contribution in [2.24, 2.45) is 5.92 Å². The molecule has 1 aliphatic heterocycles. The number of aryl methyl sites for hydroxylation is 1. The van der Waals surface area contributed by atoms with Crippen LogP contribution in [0.2, 0.25) is 0 Å². The van der Waals surface area contributed by atoms with Crippen molar-refractivity contribution in [3.63, 3.8) is 0 Å². The van der Waals surface area contributed by atoms with E-state index in [2.05, 4.69) is 10.6 Å². The second kappa shape index (κ2) is 10.2. The van der Waals surface area contributed by atoms with Crippen LogP contribution in [0.3, 0.4) is 0 Å². The molecule has 1 heterocycles. The third-order valence-electron chi connectivity index (χ3n) is 6.60. The molecule has 1 saturated heterocycles. The van der Waals surface area contributed by atoms with Gasteiger partial charge in [-0.25, -0.2) is 4.79 Å². The molecule has 2 fully saturated rings. The van der Waals surface area contributed by atoms with Gasteiger partial charge in [-0.3, -0.25) is 14.5 Å². The summed E-state index contributed by atoms with van der Waals surface area (Å²) in [7, 11) is 0. The highest BCUT2D eigenvalue weighted by Gasteiger charge is 2.47. The SMILES string of the molecule is Cc1ccc(C(=O)Nc2cccc(C3OC(=O)N(Cc4ccccc4)C3C(=O)NCC3CC3)c2)cc1. The topological polar surface area (TPSA) is 87.7 Å². The van der Waals surface area contributed by atoms with Gasteiger partial charge < -0.3 is 15.4 Å². The monoisotopic (exact) mass is 483 g/mol. The lowest BCUT2D eigenvalue weighted by molar-refractivity contribution is -0.126. The van der Waals surface area contributed by atoms with Gasteiger partial charge in [0.2, 0.25) is 5.91 Å². The van der Waals surface area contributed by atoms with Crippen molar-refractivity contribution < 1.29 is 19.1 Å². The molecule has 0 radical (unpaired) electrons. The number of nitrogens with zero attached hydrogens (tertiary/aromatic N) is 1. The third-order valence-corrected chi connectivity index (χ3v) is 6.60. The Hall–Kier alpha value is -4.13. The Morgan fingerprint density at radius 3 is 2.44 bits per heavy atom. The van der Waals surface area contributed by atoms with E-state index >= 15 is 0 Å². The summed E-state index contributed by atoms with van der Waals surface area (Å²) in [6.45, 7) is 2.83. The summed E-state index contributed by atoms with van der Waals surface area (Å²) in [5.41, 5.74) is 3.74. The lowest BCUT2D eigenvalue weighted by Gasteiger charge is -2.24. The Bertz CT molecular complexity index is 1260. The summed E-state index contributed by atoms with van der Waals surface area (Å²) >= 11 is 0. The number of hydrogen-bond acceptors (Lipinski definition) is 4. The number of anilines is 1. The molecule has 0 bridgehead atoms. The van der Waals surface area contributed by atoms with Crippen LogP contribution in [-0.4, -0.2) is 35.4 Å². The number of rotatable bonds is 8. The quantitative estimate of drug-likeness (QED) is 0.480. The first kappa shape index (κ1) is 23.6. The molecule has 7 nitrogen and oxygen atoms in total. The molecule has 184 valence electrons. The van der Waals surface area contributed by atoms with Crippen LogP contribution in [0.4, 0.5) is 10.5 Å². The number of hydrogen-bond donors (Lipinski definition) is 2. The zero-order chi connectivity index (χ0) is 25.1. The molecule has 3 aromatic carbocycles. The van der Waals surface area contributed by atoms with Crippen LogP contribution in [0.5, 0.6) is 0 Å². The average molecular weight is 484 g/mol. The third kappa shape index (κ3) is 5.40. The van der Waals surface area contributed by atoms with Crippen molar-refractivity contribution >= 4 is 23.6 Å². The minimum atomic E-state index is -0.820. The smallest absolute Gasteiger partial charge is 0.411 e. The van der Waals surface area contributed by atoms with Crippen molar-refractivity contribution in [2.75, 3.05) is 11.9 Å². The summed E-state index contributed by atoms with van der Waals surface area (Å²) < 4.78 is 5.76. The predicted molar refractivity (Wildman–Crippen MR) is 136 cm³/mol. The summed E-state index contributed by atoms with van der Waals surface area (Å²) in [5, 5.41) is 5.92. The van der Waals surface area contributed by atoms with E-state index in [1.54, 1.807) is 30.3 Å².